The number of rotatable bonds is 1. The highest BCUT2D eigenvalue weighted by Gasteiger charge is 2.00. The largest absolute Gasteiger partial charge is 0.353 e. The van der Waals surface area contributed by atoms with Gasteiger partial charge in [0.1, 0.15) is 0 Å². The molecule has 0 atom stereocenters. The van der Waals surface area contributed by atoms with Crippen LogP contribution in [0.15, 0.2) is 12.3 Å². The molecule has 1 aromatic rings. The van der Waals surface area contributed by atoms with Gasteiger partial charge in [-0.2, -0.15) is 0 Å². The summed E-state index contributed by atoms with van der Waals surface area (Å²) in [6, 6.07) is 6.79. The van der Waals surface area contributed by atoms with E-state index >= 15 is 0 Å². The Labute approximate surface area is 59.1 Å². The van der Waals surface area contributed by atoms with Crippen LogP contribution in [0.5, 0.6) is 0 Å². The van der Waals surface area contributed by atoms with E-state index in [1.54, 1.807) is 13.1 Å². The lowest BCUT2D eigenvalue weighted by molar-refractivity contribution is 0.0958. The van der Waals surface area contributed by atoms with E-state index in [-0.39, 0.29) is 11.6 Å². The number of carbonyl (C=O) groups excluding carboxylic acids is 1. The van der Waals surface area contributed by atoms with E-state index in [4.69, 9.17) is 0 Å². The molecule has 50 valence electrons. The molecule has 1 N–H and O–H groups in total. The normalized spacial score (nSPS) is 8.10. The average molecular weight is 134 g/mol. The standard InChI is InChI=1S/C7H6N2O/c1-8-7(10)6-4-2-3-5-9-6/h3,5H,1H3,(H,8,10). The van der Waals surface area contributed by atoms with Crippen molar-refractivity contribution in [3.8, 4) is 0 Å². The second kappa shape index (κ2) is 2.83. The van der Waals surface area contributed by atoms with E-state index in [1.807, 2.05) is 0 Å². The Morgan fingerprint density at radius 2 is 2.60 bits per heavy atom. The maximum Gasteiger partial charge on any atom is 0.278 e. The summed E-state index contributed by atoms with van der Waals surface area (Å²) in [5.74, 6) is -0.239. The summed E-state index contributed by atoms with van der Waals surface area (Å²) in [5.41, 5.74) is 0.269. The molecule has 0 fully saturated rings. The van der Waals surface area contributed by atoms with Gasteiger partial charge in [-0.1, -0.05) is 6.07 Å². The van der Waals surface area contributed by atoms with E-state index in [0.717, 1.165) is 0 Å². The minimum Gasteiger partial charge on any atom is -0.353 e. The zero-order chi connectivity index (χ0) is 7.40. The summed E-state index contributed by atoms with van der Waals surface area (Å²) >= 11 is 0. The lowest BCUT2D eigenvalue weighted by Crippen LogP contribution is -2.18. The number of hydrogen-bond acceptors (Lipinski definition) is 2. The summed E-state index contributed by atoms with van der Waals surface area (Å²) in [6.45, 7) is 0. The predicted octanol–water partition coefficient (Wildman–Crippen LogP) is 0.0416. The highest BCUT2D eigenvalue weighted by Crippen LogP contribution is 1.84. The minimum atomic E-state index is -0.239. The van der Waals surface area contributed by atoms with Crippen LogP contribution < -0.4 is 5.32 Å². The topological polar surface area (TPSA) is 42.0 Å². The van der Waals surface area contributed by atoms with Crippen LogP contribution in [-0.4, -0.2) is 17.9 Å². The maximum absolute atomic E-state index is 10.8. The zero-order valence-corrected chi connectivity index (χ0v) is 5.51. The van der Waals surface area contributed by atoms with E-state index in [9.17, 15) is 4.79 Å². The van der Waals surface area contributed by atoms with Crippen LogP contribution in [0.4, 0.5) is 0 Å². The first kappa shape index (κ1) is 6.56. The molecule has 3 heteroatoms. The Morgan fingerprint density at radius 1 is 1.80 bits per heavy atom. The fourth-order valence-corrected chi connectivity index (χ4v) is 0.525. The number of hydrogen-bond donors (Lipinski definition) is 1. The van der Waals surface area contributed by atoms with Crippen molar-refractivity contribution in [1.82, 2.24) is 10.3 Å². The van der Waals surface area contributed by atoms with Crippen LogP contribution in [0.2, 0.25) is 0 Å². The van der Waals surface area contributed by atoms with Gasteiger partial charge in [0.25, 0.3) is 5.91 Å². The van der Waals surface area contributed by atoms with E-state index in [1.165, 1.54) is 6.20 Å². The SMILES string of the molecule is CNC(=O)c1c#cccn1. The summed E-state index contributed by atoms with van der Waals surface area (Å²) < 4.78 is 0. The van der Waals surface area contributed by atoms with Gasteiger partial charge in [0.15, 0.2) is 5.69 Å². The van der Waals surface area contributed by atoms with Gasteiger partial charge in [-0.3, -0.25) is 4.79 Å². The van der Waals surface area contributed by atoms with Crippen LogP contribution in [0.1, 0.15) is 10.5 Å². The van der Waals surface area contributed by atoms with E-state index in [2.05, 4.69) is 22.4 Å². The van der Waals surface area contributed by atoms with Gasteiger partial charge in [0, 0.05) is 19.3 Å². The summed E-state index contributed by atoms with van der Waals surface area (Å²) in [4.78, 5) is 14.5. The van der Waals surface area contributed by atoms with Gasteiger partial charge in [0.2, 0.25) is 0 Å². The fraction of sp³-hybridized carbons (Fsp3) is 0.143. The van der Waals surface area contributed by atoms with Gasteiger partial charge in [0.05, 0.1) is 0 Å². The van der Waals surface area contributed by atoms with Crippen LogP contribution >= 0.6 is 0 Å². The highest BCUT2D eigenvalue weighted by atomic mass is 16.1. The third-order valence-electron chi connectivity index (χ3n) is 0.994. The third kappa shape index (κ3) is 1.23. The summed E-state index contributed by atoms with van der Waals surface area (Å²) in [6.07, 6.45) is 1.50. The van der Waals surface area contributed by atoms with E-state index in [0.29, 0.717) is 0 Å². The predicted molar refractivity (Wildman–Crippen MR) is 35.3 cm³/mol. The molecule has 3 nitrogen and oxygen atoms in total. The Bertz CT molecular complexity index is 220. The number of amides is 1. The van der Waals surface area contributed by atoms with Gasteiger partial charge in [-0.25, -0.2) is 4.98 Å². The number of nitrogens with zero attached hydrogens (tertiary/aromatic N) is 1. The second-order valence-corrected chi connectivity index (χ2v) is 1.64. The molecule has 0 aliphatic heterocycles. The molecule has 0 radical (unpaired) electrons. The Morgan fingerprint density at radius 3 is 3.10 bits per heavy atom. The monoisotopic (exact) mass is 134 g/mol. The second-order valence-electron chi connectivity index (χ2n) is 1.64. The van der Waals surface area contributed by atoms with Crippen LogP contribution in [0.3, 0.4) is 0 Å². The van der Waals surface area contributed by atoms with Crippen molar-refractivity contribution in [3.05, 3.63) is 30.1 Å². The Kier molecular flexibility index (Phi) is 1.86. The molecular formula is C7H6N2O. The van der Waals surface area contributed by atoms with Crippen molar-refractivity contribution in [2.45, 2.75) is 0 Å². The number of aromatic nitrogens is 1. The van der Waals surface area contributed by atoms with Crippen molar-refractivity contribution in [2.24, 2.45) is 0 Å². The minimum absolute atomic E-state index is 0.239. The molecule has 1 amide bonds. The highest BCUT2D eigenvalue weighted by molar-refractivity contribution is 5.91. The van der Waals surface area contributed by atoms with Crippen LogP contribution in [-0.2, 0) is 0 Å². The average Bonchev–Trinajstić information content (AvgIpc) is 2.05. The van der Waals surface area contributed by atoms with E-state index < -0.39 is 0 Å². The molecule has 0 saturated heterocycles. The Hall–Kier alpha value is -1.56. The third-order valence-corrected chi connectivity index (χ3v) is 0.994. The quantitative estimate of drug-likeness (QED) is 0.589. The molecule has 1 aromatic heterocycles. The molecule has 10 heavy (non-hydrogen) atoms. The van der Waals surface area contributed by atoms with Gasteiger partial charge in [-0.15, -0.1) is 0 Å². The molecule has 0 unspecified atom stereocenters. The lowest BCUT2D eigenvalue weighted by atomic mass is 10.4. The first-order chi connectivity index (χ1) is 4.84. The number of carbonyl (C=O) groups is 1. The smallest absolute Gasteiger partial charge is 0.278 e. The Balaban J connectivity index is 2.85. The molecule has 0 spiro atoms. The number of nitrogens with one attached hydrogen (secondary N) is 1. The molecule has 0 saturated carbocycles. The summed E-state index contributed by atoms with van der Waals surface area (Å²) in [5, 5.41) is 2.43. The van der Waals surface area contributed by atoms with Crippen molar-refractivity contribution in [3.63, 3.8) is 0 Å². The van der Waals surface area contributed by atoms with Gasteiger partial charge >= 0.3 is 0 Å². The first-order valence-electron chi connectivity index (χ1n) is 2.81. The molecule has 0 bridgehead atoms. The fourth-order valence-electron chi connectivity index (χ4n) is 0.525. The molecule has 1 rings (SSSR count). The van der Waals surface area contributed by atoms with Crippen molar-refractivity contribution < 1.29 is 4.79 Å². The zero-order valence-electron chi connectivity index (χ0n) is 5.51. The van der Waals surface area contributed by atoms with Crippen LogP contribution in [0.25, 0.3) is 0 Å². The molecule has 0 aromatic carbocycles. The molecule has 0 aliphatic rings. The molecule has 1 heterocycles. The summed E-state index contributed by atoms with van der Waals surface area (Å²) in [7, 11) is 1.55. The van der Waals surface area contributed by atoms with Crippen molar-refractivity contribution >= 4 is 5.91 Å². The first-order valence-corrected chi connectivity index (χ1v) is 2.81. The van der Waals surface area contributed by atoms with Gasteiger partial charge in [-0.05, 0) is 6.07 Å². The van der Waals surface area contributed by atoms with Gasteiger partial charge < -0.3 is 5.32 Å². The molecule has 0 aliphatic carbocycles. The maximum atomic E-state index is 10.8. The van der Waals surface area contributed by atoms with Crippen molar-refractivity contribution in [2.75, 3.05) is 7.05 Å². The van der Waals surface area contributed by atoms with Crippen molar-refractivity contribution in [1.29, 1.82) is 0 Å². The van der Waals surface area contributed by atoms with Crippen LogP contribution in [0, 0.1) is 12.1 Å². The lowest BCUT2D eigenvalue weighted by Gasteiger charge is -1.91. The molecular weight excluding hydrogens is 128 g/mol.